The molecule has 0 radical (unpaired) electrons. The van der Waals surface area contributed by atoms with E-state index in [-0.39, 0.29) is 0 Å². The molecule has 13 rings (SSSR count). The van der Waals surface area contributed by atoms with Gasteiger partial charge in [0.15, 0.2) is 0 Å². The molecule has 2 heterocycles. The summed E-state index contributed by atoms with van der Waals surface area (Å²) in [6, 6.07) is 89.5. The molecule has 0 saturated carbocycles. The van der Waals surface area contributed by atoms with Crippen molar-refractivity contribution in [1.82, 2.24) is 4.57 Å². The van der Waals surface area contributed by atoms with Crippen LogP contribution in [0.1, 0.15) is 22.3 Å². The quantitative estimate of drug-likeness (QED) is 0.163. The first kappa shape index (κ1) is 35.5. The van der Waals surface area contributed by atoms with Gasteiger partial charge in [-0.2, -0.15) is 0 Å². The standard InChI is InChI=1S/C61H40N2/c1-3-17-41(18-4-1)42-33-36-46(37-34-42)62(57-30-12-8-23-48(57)43-19-5-2-6-20-43)47-22-15-21-44(39-47)45-35-38-50-49-24-7-10-27-53(49)61(56(50)40-45)54-28-11-14-32-59(54)63-58-31-13-9-25-51(58)52-26-16-29-55(61)60(52)63/h1-40H. The number of benzene rings is 10. The molecule has 0 bridgehead atoms. The molecule has 11 aromatic rings. The van der Waals surface area contributed by atoms with Crippen LogP contribution in [0.2, 0.25) is 0 Å². The van der Waals surface area contributed by atoms with E-state index in [1.54, 1.807) is 0 Å². The van der Waals surface area contributed by atoms with Crippen molar-refractivity contribution >= 4 is 38.9 Å². The van der Waals surface area contributed by atoms with Crippen molar-refractivity contribution in [3.05, 3.63) is 265 Å². The number of fused-ring (bicyclic) bond motifs is 12. The summed E-state index contributed by atoms with van der Waals surface area (Å²) in [6.45, 7) is 0. The Morgan fingerprint density at radius 2 is 0.889 bits per heavy atom. The molecular weight excluding hydrogens is 761 g/mol. The lowest BCUT2D eigenvalue weighted by molar-refractivity contribution is 0.749. The molecule has 2 nitrogen and oxygen atoms in total. The summed E-state index contributed by atoms with van der Waals surface area (Å²) < 4.78 is 2.52. The van der Waals surface area contributed by atoms with E-state index in [1.807, 2.05) is 0 Å². The maximum atomic E-state index is 2.52. The fraction of sp³-hybridized carbons (Fsp3) is 0.0164. The molecule has 1 aliphatic heterocycles. The van der Waals surface area contributed by atoms with Crippen molar-refractivity contribution in [2.24, 2.45) is 0 Å². The Morgan fingerprint density at radius 1 is 0.317 bits per heavy atom. The van der Waals surface area contributed by atoms with Gasteiger partial charge in [-0.25, -0.2) is 0 Å². The van der Waals surface area contributed by atoms with Gasteiger partial charge in [-0.05, 0) is 110 Å². The smallest absolute Gasteiger partial charge is 0.0754 e. The number of nitrogens with zero attached hydrogens (tertiary/aromatic N) is 2. The fourth-order valence-electron chi connectivity index (χ4n) is 11.0. The monoisotopic (exact) mass is 800 g/mol. The second kappa shape index (κ2) is 13.9. The van der Waals surface area contributed by atoms with Crippen LogP contribution < -0.4 is 4.90 Å². The molecule has 2 heteroatoms. The summed E-state index contributed by atoms with van der Waals surface area (Å²) in [5.41, 5.74) is 21.6. The van der Waals surface area contributed by atoms with Crippen LogP contribution in [0.4, 0.5) is 17.1 Å². The average Bonchev–Trinajstić information content (AvgIpc) is 3.85. The maximum absolute atomic E-state index is 2.52. The minimum absolute atomic E-state index is 0.513. The van der Waals surface area contributed by atoms with Gasteiger partial charge in [-0.1, -0.05) is 194 Å². The number of para-hydroxylation sites is 4. The zero-order valence-corrected chi connectivity index (χ0v) is 34.5. The normalized spacial score (nSPS) is 14.4. The summed E-state index contributed by atoms with van der Waals surface area (Å²) in [5, 5.41) is 2.57. The minimum Gasteiger partial charge on any atom is -0.310 e. The van der Waals surface area contributed by atoms with Gasteiger partial charge in [0.25, 0.3) is 0 Å². The predicted octanol–water partition coefficient (Wildman–Crippen LogP) is 15.9. The van der Waals surface area contributed by atoms with Crippen molar-refractivity contribution in [2.75, 3.05) is 4.90 Å². The first-order valence-electron chi connectivity index (χ1n) is 21.8. The fourth-order valence-corrected chi connectivity index (χ4v) is 11.0. The van der Waals surface area contributed by atoms with Gasteiger partial charge >= 0.3 is 0 Å². The Hall–Kier alpha value is -8.20. The molecule has 63 heavy (non-hydrogen) atoms. The molecule has 1 unspecified atom stereocenters. The van der Waals surface area contributed by atoms with Crippen LogP contribution in [0.15, 0.2) is 243 Å². The van der Waals surface area contributed by atoms with E-state index in [0.717, 1.165) is 17.1 Å². The van der Waals surface area contributed by atoms with Crippen molar-refractivity contribution in [1.29, 1.82) is 0 Å². The highest BCUT2D eigenvalue weighted by molar-refractivity contribution is 6.13. The van der Waals surface area contributed by atoms with Gasteiger partial charge in [0.1, 0.15) is 0 Å². The lowest BCUT2D eigenvalue weighted by atomic mass is 9.65. The van der Waals surface area contributed by atoms with Gasteiger partial charge in [0.05, 0.1) is 27.8 Å². The summed E-state index contributed by atoms with van der Waals surface area (Å²) in [4.78, 5) is 2.42. The number of rotatable bonds is 6. The Kier molecular flexibility index (Phi) is 7.85. The topological polar surface area (TPSA) is 8.17 Å². The van der Waals surface area contributed by atoms with Crippen LogP contribution >= 0.6 is 0 Å². The highest BCUT2D eigenvalue weighted by Crippen LogP contribution is 2.61. The predicted molar refractivity (Wildman–Crippen MR) is 263 cm³/mol. The third-order valence-corrected chi connectivity index (χ3v) is 13.6. The van der Waals surface area contributed by atoms with E-state index >= 15 is 0 Å². The molecule has 1 aromatic heterocycles. The van der Waals surface area contributed by atoms with Gasteiger partial charge in [0.2, 0.25) is 0 Å². The van der Waals surface area contributed by atoms with Gasteiger partial charge < -0.3 is 9.47 Å². The molecule has 0 saturated heterocycles. The van der Waals surface area contributed by atoms with E-state index in [4.69, 9.17) is 0 Å². The zero-order chi connectivity index (χ0) is 41.5. The molecular formula is C61H40N2. The number of hydrogen-bond donors (Lipinski definition) is 0. The van der Waals surface area contributed by atoms with Crippen LogP contribution in [-0.4, -0.2) is 4.57 Å². The highest BCUT2D eigenvalue weighted by Gasteiger charge is 2.50. The zero-order valence-electron chi connectivity index (χ0n) is 34.5. The molecule has 0 fully saturated rings. The Bertz CT molecular complexity index is 3560. The summed E-state index contributed by atoms with van der Waals surface area (Å²) in [6.07, 6.45) is 0. The highest BCUT2D eigenvalue weighted by atomic mass is 15.1. The first-order valence-corrected chi connectivity index (χ1v) is 21.8. The van der Waals surface area contributed by atoms with Gasteiger partial charge in [0, 0.05) is 27.7 Å². The molecule has 1 aliphatic carbocycles. The SMILES string of the molecule is c1ccc(-c2ccc(N(c3cccc(-c4ccc5c(c4)C4(c6ccccc6-5)c5ccccc5-n5c6ccccc6c6cccc4c65)c3)c3ccccc3-c3ccccc3)cc2)cc1. The van der Waals surface area contributed by atoms with E-state index < -0.39 is 5.41 Å². The maximum Gasteiger partial charge on any atom is 0.0754 e. The van der Waals surface area contributed by atoms with Crippen molar-refractivity contribution in [3.63, 3.8) is 0 Å². The number of hydrogen-bond acceptors (Lipinski definition) is 1. The van der Waals surface area contributed by atoms with E-state index in [2.05, 4.69) is 252 Å². The largest absolute Gasteiger partial charge is 0.310 e. The number of aromatic nitrogens is 1. The Labute approximate surface area is 367 Å². The van der Waals surface area contributed by atoms with Crippen LogP contribution in [-0.2, 0) is 5.41 Å². The van der Waals surface area contributed by atoms with E-state index in [1.165, 1.54) is 94.3 Å². The Balaban J connectivity index is 1.02. The number of anilines is 3. The minimum atomic E-state index is -0.513. The van der Waals surface area contributed by atoms with Crippen molar-refractivity contribution in [2.45, 2.75) is 5.41 Å². The summed E-state index contributed by atoms with van der Waals surface area (Å²) in [5.74, 6) is 0. The van der Waals surface area contributed by atoms with Crippen molar-refractivity contribution < 1.29 is 0 Å². The van der Waals surface area contributed by atoms with E-state index in [0.29, 0.717) is 0 Å². The molecule has 0 N–H and O–H groups in total. The summed E-state index contributed by atoms with van der Waals surface area (Å²) in [7, 11) is 0. The third kappa shape index (κ3) is 5.19. The van der Waals surface area contributed by atoms with Crippen LogP contribution in [0, 0.1) is 0 Å². The average molecular weight is 801 g/mol. The molecule has 0 amide bonds. The molecule has 2 aliphatic rings. The first-order chi connectivity index (χ1) is 31.3. The lowest BCUT2D eigenvalue weighted by Crippen LogP contribution is -2.33. The van der Waals surface area contributed by atoms with Crippen LogP contribution in [0.5, 0.6) is 0 Å². The van der Waals surface area contributed by atoms with Crippen molar-refractivity contribution in [3.8, 4) is 50.2 Å². The second-order valence-corrected chi connectivity index (χ2v) is 16.8. The second-order valence-electron chi connectivity index (χ2n) is 16.8. The lowest BCUT2D eigenvalue weighted by Gasteiger charge is -2.39. The van der Waals surface area contributed by atoms with Gasteiger partial charge in [-0.3, -0.25) is 0 Å². The molecule has 1 atom stereocenters. The van der Waals surface area contributed by atoms with Crippen LogP contribution in [0.3, 0.4) is 0 Å². The third-order valence-electron chi connectivity index (χ3n) is 13.6. The molecule has 1 spiro atoms. The Morgan fingerprint density at radius 3 is 1.73 bits per heavy atom. The van der Waals surface area contributed by atoms with Gasteiger partial charge in [-0.15, -0.1) is 0 Å². The molecule has 10 aromatic carbocycles. The van der Waals surface area contributed by atoms with E-state index in [9.17, 15) is 0 Å². The molecule has 294 valence electrons. The van der Waals surface area contributed by atoms with Crippen LogP contribution in [0.25, 0.3) is 72.0 Å². The summed E-state index contributed by atoms with van der Waals surface area (Å²) >= 11 is 0.